The van der Waals surface area contributed by atoms with Crippen molar-refractivity contribution in [2.75, 3.05) is 20.1 Å². The van der Waals surface area contributed by atoms with Crippen LogP contribution >= 0.6 is 0 Å². The highest BCUT2D eigenvalue weighted by Gasteiger charge is 2.40. The molecular formula is C42H49N5O2. The van der Waals surface area contributed by atoms with E-state index in [0.717, 1.165) is 60.7 Å². The van der Waals surface area contributed by atoms with Gasteiger partial charge in [-0.05, 0) is 62.9 Å². The van der Waals surface area contributed by atoms with Gasteiger partial charge < -0.3 is 14.6 Å². The molecule has 1 aromatic heterocycles. The second-order valence-corrected chi connectivity index (χ2v) is 14.0. The number of carbonyl (C=O) groups excluding carboxylic acids is 1. The number of nitrogens with one attached hydrogen (secondary N) is 1. The van der Waals surface area contributed by atoms with E-state index >= 15 is 0 Å². The molecule has 0 saturated carbocycles. The van der Waals surface area contributed by atoms with E-state index in [0.29, 0.717) is 13.1 Å². The van der Waals surface area contributed by atoms with Crippen molar-refractivity contribution in [3.8, 4) is 0 Å². The summed E-state index contributed by atoms with van der Waals surface area (Å²) in [6, 6.07) is 42.6. The number of amides is 1. The molecule has 254 valence electrons. The molecule has 4 aromatic carbocycles. The molecule has 1 amide bonds. The van der Waals surface area contributed by atoms with Gasteiger partial charge in [0.05, 0.1) is 18.8 Å². The van der Waals surface area contributed by atoms with Crippen molar-refractivity contribution >= 4 is 6.09 Å². The van der Waals surface area contributed by atoms with Crippen LogP contribution in [0.4, 0.5) is 4.79 Å². The molecule has 6 rings (SSSR count). The summed E-state index contributed by atoms with van der Waals surface area (Å²) in [5, 5.41) is 3.37. The summed E-state index contributed by atoms with van der Waals surface area (Å²) in [5.74, 6) is 0.885. The van der Waals surface area contributed by atoms with Crippen LogP contribution in [0, 0.1) is 0 Å². The minimum atomic E-state index is -0.708. The number of hydrogen-bond donors (Lipinski definition) is 1. The second kappa shape index (κ2) is 15.2. The number of aromatic nitrogens is 2. The smallest absolute Gasteiger partial charge is 0.410 e. The summed E-state index contributed by atoms with van der Waals surface area (Å²) in [4.78, 5) is 23.6. The summed E-state index contributed by atoms with van der Waals surface area (Å²) in [7, 11) is 1.95. The number of rotatable bonds is 11. The number of ether oxygens (including phenoxy) is 1. The zero-order valence-corrected chi connectivity index (χ0v) is 29.3. The highest BCUT2D eigenvalue weighted by Crippen LogP contribution is 2.42. The molecule has 49 heavy (non-hydrogen) atoms. The third-order valence-electron chi connectivity index (χ3n) is 9.31. The Balaban J connectivity index is 1.40. The van der Waals surface area contributed by atoms with Gasteiger partial charge in [-0.15, -0.1) is 0 Å². The molecule has 0 atom stereocenters. The van der Waals surface area contributed by atoms with E-state index in [-0.39, 0.29) is 12.1 Å². The zero-order chi connectivity index (χ0) is 34.3. The maximum absolute atomic E-state index is 14.0. The van der Waals surface area contributed by atoms with Gasteiger partial charge in [0.1, 0.15) is 17.0 Å². The lowest BCUT2D eigenvalue weighted by atomic mass is 9.76. The third kappa shape index (κ3) is 7.79. The topological polar surface area (TPSA) is 62.6 Å². The van der Waals surface area contributed by atoms with Crippen molar-refractivity contribution in [2.45, 2.75) is 70.4 Å². The van der Waals surface area contributed by atoms with Crippen molar-refractivity contribution in [3.63, 3.8) is 0 Å². The first-order valence-electron chi connectivity index (χ1n) is 17.4. The van der Waals surface area contributed by atoms with Crippen LogP contribution in [0.2, 0.25) is 0 Å². The minimum Gasteiger partial charge on any atom is -0.444 e. The molecule has 1 N–H and O–H groups in total. The highest BCUT2D eigenvalue weighted by molar-refractivity contribution is 5.68. The highest BCUT2D eigenvalue weighted by atomic mass is 16.6. The Morgan fingerprint density at radius 3 is 1.76 bits per heavy atom. The molecule has 7 heteroatoms. The van der Waals surface area contributed by atoms with Crippen LogP contribution in [0.3, 0.4) is 0 Å². The van der Waals surface area contributed by atoms with Gasteiger partial charge in [-0.3, -0.25) is 9.80 Å². The summed E-state index contributed by atoms with van der Waals surface area (Å²) in [6.45, 7) is 9.44. The molecule has 1 aliphatic rings. The van der Waals surface area contributed by atoms with Crippen LogP contribution in [0.1, 0.15) is 67.4 Å². The maximum atomic E-state index is 14.0. The fourth-order valence-electron chi connectivity index (χ4n) is 7.15. The van der Waals surface area contributed by atoms with Gasteiger partial charge in [-0.1, -0.05) is 121 Å². The third-order valence-corrected chi connectivity index (χ3v) is 9.31. The van der Waals surface area contributed by atoms with Crippen molar-refractivity contribution in [2.24, 2.45) is 0 Å². The molecular weight excluding hydrogens is 606 g/mol. The minimum absolute atomic E-state index is 0.0434. The predicted octanol–water partition coefficient (Wildman–Crippen LogP) is 7.84. The number of benzene rings is 4. The fraction of sp³-hybridized carbons (Fsp3) is 0.333. The van der Waals surface area contributed by atoms with Crippen LogP contribution in [-0.4, -0.2) is 57.2 Å². The van der Waals surface area contributed by atoms with Gasteiger partial charge in [0.2, 0.25) is 0 Å². The molecule has 2 heterocycles. The molecule has 0 unspecified atom stereocenters. The van der Waals surface area contributed by atoms with Crippen molar-refractivity contribution in [1.82, 2.24) is 24.7 Å². The molecule has 1 fully saturated rings. The number of likely N-dealkylation sites (tertiary alicyclic amines) is 1. The summed E-state index contributed by atoms with van der Waals surface area (Å²) in [6.07, 6.45) is 3.61. The average Bonchev–Trinajstić information content (AvgIpc) is 3.51. The number of hydrogen-bond acceptors (Lipinski definition) is 5. The molecule has 5 aromatic rings. The first-order chi connectivity index (χ1) is 23.8. The van der Waals surface area contributed by atoms with E-state index in [9.17, 15) is 4.79 Å². The Hall–Kier alpha value is -4.72. The second-order valence-electron chi connectivity index (χ2n) is 14.0. The number of nitrogens with zero attached hydrogens (tertiary/aromatic N) is 4. The van der Waals surface area contributed by atoms with E-state index < -0.39 is 11.1 Å². The van der Waals surface area contributed by atoms with Crippen LogP contribution in [0.25, 0.3) is 0 Å². The van der Waals surface area contributed by atoms with Crippen molar-refractivity contribution in [3.05, 3.63) is 161 Å². The summed E-state index contributed by atoms with van der Waals surface area (Å²) < 4.78 is 8.35. The Morgan fingerprint density at radius 1 is 0.796 bits per heavy atom. The SMILES string of the molecule is CNCc1nc(CN(C(=O)OC(C)(C)C)C2CCN(Cc3ccccc3)CC2)cn1C(c1ccccc1)(c1ccccc1)c1ccccc1. The Bertz CT molecular complexity index is 1660. The Labute approximate surface area is 291 Å². The largest absolute Gasteiger partial charge is 0.444 e. The first kappa shape index (κ1) is 34.2. The lowest BCUT2D eigenvalue weighted by Gasteiger charge is -2.39. The lowest BCUT2D eigenvalue weighted by Crippen LogP contribution is -2.48. The molecule has 0 radical (unpaired) electrons. The number of carbonyl (C=O) groups is 1. The Kier molecular flexibility index (Phi) is 10.6. The normalized spacial score (nSPS) is 14.4. The number of imidazole rings is 1. The van der Waals surface area contributed by atoms with Crippen LogP contribution in [0.15, 0.2) is 128 Å². The zero-order valence-electron chi connectivity index (χ0n) is 29.3. The van der Waals surface area contributed by atoms with Gasteiger partial charge in [-0.25, -0.2) is 9.78 Å². The van der Waals surface area contributed by atoms with Crippen LogP contribution in [-0.2, 0) is 29.9 Å². The maximum Gasteiger partial charge on any atom is 0.410 e. The van der Waals surface area contributed by atoms with E-state index in [1.165, 1.54) is 5.56 Å². The summed E-state index contributed by atoms with van der Waals surface area (Å²) in [5.41, 5.74) is 4.21. The van der Waals surface area contributed by atoms with E-state index in [1.54, 1.807) is 0 Å². The van der Waals surface area contributed by atoms with Crippen LogP contribution < -0.4 is 5.32 Å². The van der Waals surface area contributed by atoms with Crippen LogP contribution in [0.5, 0.6) is 0 Å². The molecule has 0 spiro atoms. The van der Waals surface area contributed by atoms with Crippen molar-refractivity contribution in [1.29, 1.82) is 0 Å². The Morgan fingerprint density at radius 2 is 1.29 bits per heavy atom. The molecule has 1 aliphatic heterocycles. The van der Waals surface area contributed by atoms with Gasteiger partial charge >= 0.3 is 6.09 Å². The standard InChI is InChI=1S/C42H49N5O2/c1-41(2,3)49-40(48)46(38-25-27-45(28-26-38)30-33-17-9-5-10-18-33)31-37-32-47(39(44-37)29-43-4)42(34-19-11-6-12-20-34,35-21-13-7-14-22-35)36-23-15-8-16-24-36/h5-24,32,38,43H,25-31H2,1-4H3. The molecule has 0 aliphatic carbocycles. The van der Waals surface area contributed by atoms with Gasteiger partial charge in [0.15, 0.2) is 0 Å². The fourth-order valence-corrected chi connectivity index (χ4v) is 7.15. The van der Waals surface area contributed by atoms with Crippen molar-refractivity contribution < 1.29 is 9.53 Å². The number of piperidine rings is 1. The van der Waals surface area contributed by atoms with E-state index in [4.69, 9.17) is 9.72 Å². The quantitative estimate of drug-likeness (QED) is 0.147. The predicted molar refractivity (Wildman–Crippen MR) is 196 cm³/mol. The lowest BCUT2D eigenvalue weighted by molar-refractivity contribution is 0.00507. The van der Waals surface area contributed by atoms with Gasteiger partial charge in [-0.2, -0.15) is 0 Å². The first-order valence-corrected chi connectivity index (χ1v) is 17.4. The van der Waals surface area contributed by atoms with Gasteiger partial charge in [0, 0.05) is 31.9 Å². The van der Waals surface area contributed by atoms with E-state index in [1.807, 2.05) is 32.7 Å². The summed E-state index contributed by atoms with van der Waals surface area (Å²) >= 11 is 0. The van der Waals surface area contributed by atoms with Gasteiger partial charge in [0.25, 0.3) is 0 Å². The van der Waals surface area contributed by atoms with E-state index in [2.05, 4.69) is 142 Å². The monoisotopic (exact) mass is 655 g/mol. The molecule has 1 saturated heterocycles. The molecule has 0 bridgehead atoms. The average molecular weight is 656 g/mol. The molecule has 7 nitrogen and oxygen atoms in total.